The van der Waals surface area contributed by atoms with Gasteiger partial charge in [-0.05, 0) is 13.3 Å². The summed E-state index contributed by atoms with van der Waals surface area (Å²) < 4.78 is 10.5. The maximum atomic E-state index is 12.2. The van der Waals surface area contributed by atoms with Crippen molar-refractivity contribution in [1.29, 1.82) is 0 Å². The van der Waals surface area contributed by atoms with Gasteiger partial charge < -0.3 is 24.8 Å². The van der Waals surface area contributed by atoms with Crippen molar-refractivity contribution < 1.29 is 24.2 Å². The molecule has 0 radical (unpaired) electrons. The van der Waals surface area contributed by atoms with Crippen molar-refractivity contribution in [2.75, 3.05) is 33.5 Å². The second kappa shape index (κ2) is 6.41. The van der Waals surface area contributed by atoms with Crippen LogP contribution in [-0.4, -0.2) is 67.6 Å². The smallest absolute Gasteiger partial charge is 0.317 e. The lowest BCUT2D eigenvalue weighted by molar-refractivity contribution is -0.142. The van der Waals surface area contributed by atoms with E-state index in [1.807, 2.05) is 6.92 Å². The predicted molar refractivity (Wildman–Crippen MR) is 70.4 cm³/mol. The fourth-order valence-electron chi connectivity index (χ4n) is 2.67. The van der Waals surface area contributed by atoms with Crippen LogP contribution in [-0.2, 0) is 14.3 Å². The van der Waals surface area contributed by atoms with Gasteiger partial charge in [0.1, 0.15) is 5.92 Å². The Morgan fingerprint density at radius 3 is 2.65 bits per heavy atom. The lowest BCUT2D eigenvalue weighted by Crippen LogP contribution is -2.51. The molecule has 20 heavy (non-hydrogen) atoms. The lowest BCUT2D eigenvalue weighted by atomic mass is 10.0. The van der Waals surface area contributed by atoms with Crippen LogP contribution in [0.2, 0.25) is 0 Å². The maximum absolute atomic E-state index is 12.2. The Labute approximate surface area is 118 Å². The minimum atomic E-state index is -0.926. The van der Waals surface area contributed by atoms with Gasteiger partial charge in [0.05, 0.1) is 25.9 Å². The molecule has 2 rings (SSSR count). The van der Waals surface area contributed by atoms with E-state index in [9.17, 15) is 9.59 Å². The van der Waals surface area contributed by atoms with E-state index < -0.39 is 17.9 Å². The Morgan fingerprint density at radius 1 is 1.30 bits per heavy atom. The number of carboxylic acids is 1. The maximum Gasteiger partial charge on any atom is 0.317 e. The number of aliphatic carboxylic acids is 1. The van der Waals surface area contributed by atoms with Gasteiger partial charge in [0.15, 0.2) is 0 Å². The average molecular weight is 286 g/mol. The number of nitrogens with zero attached hydrogens (tertiary/aromatic N) is 1. The van der Waals surface area contributed by atoms with Crippen LogP contribution in [0.25, 0.3) is 0 Å². The van der Waals surface area contributed by atoms with Gasteiger partial charge in [-0.1, -0.05) is 0 Å². The molecule has 7 nitrogen and oxygen atoms in total. The van der Waals surface area contributed by atoms with Gasteiger partial charge in [-0.2, -0.15) is 0 Å². The summed E-state index contributed by atoms with van der Waals surface area (Å²) in [4.78, 5) is 24.7. The van der Waals surface area contributed by atoms with Crippen LogP contribution in [0.3, 0.4) is 0 Å². The Bertz CT molecular complexity index is 370. The first-order chi connectivity index (χ1) is 9.50. The van der Waals surface area contributed by atoms with Gasteiger partial charge in [-0.15, -0.1) is 0 Å². The van der Waals surface area contributed by atoms with E-state index in [0.717, 1.165) is 13.0 Å². The third-order valence-corrected chi connectivity index (χ3v) is 4.21. The molecule has 0 aromatic rings. The number of carboxylic acid groups (broad SMARTS) is 1. The molecule has 0 saturated carbocycles. The molecule has 2 aliphatic rings. The number of rotatable bonds is 4. The second-order valence-corrected chi connectivity index (χ2v) is 5.52. The van der Waals surface area contributed by atoms with Gasteiger partial charge in [0.25, 0.3) is 0 Å². The zero-order valence-electron chi connectivity index (χ0n) is 11.9. The van der Waals surface area contributed by atoms with Crippen LogP contribution in [0.5, 0.6) is 0 Å². The van der Waals surface area contributed by atoms with E-state index in [-0.39, 0.29) is 25.3 Å². The normalized spacial score (nSPS) is 31.0. The number of likely N-dealkylation sites (N-methyl/N-ethyl adjacent to an activating group) is 1. The number of carbonyl (C=O) groups is 2. The minimum Gasteiger partial charge on any atom is -0.481 e. The molecule has 2 saturated heterocycles. The number of nitrogens with one attached hydrogen (secondary N) is 1. The first-order valence-electron chi connectivity index (χ1n) is 6.92. The Hall–Kier alpha value is -1.34. The van der Waals surface area contributed by atoms with Crippen molar-refractivity contribution in [3.05, 3.63) is 0 Å². The Kier molecular flexibility index (Phi) is 4.82. The fourth-order valence-corrected chi connectivity index (χ4v) is 2.67. The van der Waals surface area contributed by atoms with Gasteiger partial charge >= 0.3 is 12.0 Å². The summed E-state index contributed by atoms with van der Waals surface area (Å²) in [5.41, 5.74) is 0. The molecule has 2 heterocycles. The van der Waals surface area contributed by atoms with E-state index in [4.69, 9.17) is 14.6 Å². The molecule has 7 heteroatoms. The fraction of sp³-hybridized carbons (Fsp3) is 0.846. The Morgan fingerprint density at radius 2 is 2.05 bits per heavy atom. The highest BCUT2D eigenvalue weighted by molar-refractivity contribution is 5.77. The Balaban J connectivity index is 1.89. The molecule has 0 aliphatic carbocycles. The molecule has 114 valence electrons. The topological polar surface area (TPSA) is 88.1 Å². The van der Waals surface area contributed by atoms with E-state index in [1.165, 1.54) is 4.90 Å². The first-order valence-corrected chi connectivity index (χ1v) is 6.92. The first kappa shape index (κ1) is 15.1. The number of amides is 2. The third kappa shape index (κ3) is 3.21. The number of ether oxygens (including phenoxy) is 2. The molecule has 0 aromatic carbocycles. The van der Waals surface area contributed by atoms with E-state index in [2.05, 4.69) is 5.32 Å². The van der Waals surface area contributed by atoms with Crippen molar-refractivity contribution in [3.8, 4) is 0 Å². The summed E-state index contributed by atoms with van der Waals surface area (Å²) in [6, 6.07) is -0.663. The highest BCUT2D eigenvalue weighted by atomic mass is 16.5. The van der Waals surface area contributed by atoms with Crippen LogP contribution in [0.1, 0.15) is 13.3 Å². The van der Waals surface area contributed by atoms with Gasteiger partial charge in [-0.3, -0.25) is 4.79 Å². The molecular formula is C13H22N2O5. The van der Waals surface area contributed by atoms with Gasteiger partial charge in [0, 0.05) is 25.6 Å². The molecular weight excluding hydrogens is 264 g/mol. The zero-order valence-corrected chi connectivity index (χ0v) is 11.9. The van der Waals surface area contributed by atoms with Crippen LogP contribution >= 0.6 is 0 Å². The van der Waals surface area contributed by atoms with Crippen LogP contribution in [0.15, 0.2) is 0 Å². The molecule has 0 aromatic heterocycles. The molecule has 0 spiro atoms. The molecule has 2 fully saturated rings. The third-order valence-electron chi connectivity index (χ3n) is 4.21. The van der Waals surface area contributed by atoms with Crippen LogP contribution in [0, 0.1) is 11.8 Å². The van der Waals surface area contributed by atoms with Crippen molar-refractivity contribution in [1.82, 2.24) is 10.2 Å². The predicted octanol–water partition coefficient (Wildman–Crippen LogP) is 0.152. The average Bonchev–Trinajstić information content (AvgIpc) is 3.08. The van der Waals surface area contributed by atoms with Gasteiger partial charge in [0.2, 0.25) is 0 Å². The second-order valence-electron chi connectivity index (χ2n) is 5.52. The van der Waals surface area contributed by atoms with Crippen molar-refractivity contribution in [2.45, 2.75) is 25.4 Å². The highest BCUT2D eigenvalue weighted by Gasteiger charge is 2.39. The number of hydrogen-bond donors (Lipinski definition) is 2. The monoisotopic (exact) mass is 286 g/mol. The van der Waals surface area contributed by atoms with Crippen molar-refractivity contribution in [2.24, 2.45) is 11.8 Å². The van der Waals surface area contributed by atoms with E-state index in [0.29, 0.717) is 12.5 Å². The SMILES string of the molecule is CC(NC(=O)N(C)C1COCC1C(=O)O)C1CCOC1. The molecule has 4 atom stereocenters. The number of hydrogen-bond acceptors (Lipinski definition) is 4. The summed E-state index contributed by atoms with van der Waals surface area (Å²) in [6.45, 7) is 3.77. The summed E-state index contributed by atoms with van der Waals surface area (Å²) in [6.07, 6.45) is 0.940. The van der Waals surface area contributed by atoms with Crippen LogP contribution in [0.4, 0.5) is 4.79 Å². The molecule has 2 aliphatic heterocycles. The molecule has 4 unspecified atom stereocenters. The molecule has 2 amide bonds. The quantitative estimate of drug-likeness (QED) is 0.768. The standard InChI is InChI=1S/C13H22N2O5/c1-8(9-3-4-19-5-9)14-13(18)15(2)11-7-20-6-10(11)12(16)17/h8-11H,3-7H2,1-2H3,(H,14,18)(H,16,17). The van der Waals surface area contributed by atoms with Gasteiger partial charge in [-0.25, -0.2) is 4.79 Å². The van der Waals surface area contributed by atoms with E-state index in [1.54, 1.807) is 7.05 Å². The number of carbonyl (C=O) groups excluding carboxylic acids is 1. The highest BCUT2D eigenvalue weighted by Crippen LogP contribution is 2.20. The summed E-state index contributed by atoms with van der Waals surface area (Å²) in [5, 5.41) is 12.0. The summed E-state index contributed by atoms with van der Waals surface area (Å²) in [7, 11) is 1.61. The summed E-state index contributed by atoms with van der Waals surface area (Å²) in [5.74, 6) is -1.26. The zero-order chi connectivity index (χ0) is 14.7. The lowest BCUT2D eigenvalue weighted by Gasteiger charge is -2.29. The van der Waals surface area contributed by atoms with Crippen molar-refractivity contribution >= 4 is 12.0 Å². The largest absolute Gasteiger partial charge is 0.481 e. The summed E-state index contributed by atoms with van der Waals surface area (Å²) >= 11 is 0. The molecule has 0 bridgehead atoms. The number of urea groups is 1. The minimum absolute atomic E-state index is 0.0121. The van der Waals surface area contributed by atoms with E-state index >= 15 is 0 Å². The molecule has 2 N–H and O–H groups in total. The van der Waals surface area contributed by atoms with Crippen molar-refractivity contribution in [3.63, 3.8) is 0 Å². The van der Waals surface area contributed by atoms with Crippen LogP contribution < -0.4 is 5.32 Å².